The van der Waals surface area contributed by atoms with E-state index < -0.39 is 0 Å². The molecule has 0 amide bonds. The van der Waals surface area contributed by atoms with Crippen molar-refractivity contribution < 1.29 is 9.47 Å². The Balaban J connectivity index is 1.80. The van der Waals surface area contributed by atoms with Crippen LogP contribution >= 0.6 is 0 Å². The summed E-state index contributed by atoms with van der Waals surface area (Å²) in [6, 6.07) is 1.73. The smallest absolute Gasteiger partial charge is 0.220 e. The lowest BCUT2D eigenvalue weighted by Crippen LogP contribution is -2.30. The number of hydrogen-bond donors (Lipinski definition) is 1. The Bertz CT molecular complexity index is 378. The molecule has 1 saturated heterocycles. The Hall–Kier alpha value is -1.36. The van der Waals surface area contributed by atoms with Crippen molar-refractivity contribution in [3.05, 3.63) is 11.9 Å². The quantitative estimate of drug-likeness (QED) is 0.860. The molecule has 5 heteroatoms. The summed E-state index contributed by atoms with van der Waals surface area (Å²) in [6.07, 6.45) is 3.63. The van der Waals surface area contributed by atoms with Gasteiger partial charge in [-0.1, -0.05) is 0 Å². The van der Waals surface area contributed by atoms with Crippen LogP contribution in [0, 0.1) is 12.8 Å². The predicted molar refractivity (Wildman–Crippen MR) is 69.0 cm³/mol. The monoisotopic (exact) mass is 251 g/mol. The highest BCUT2D eigenvalue weighted by Crippen LogP contribution is 2.17. The largest absolute Gasteiger partial charge is 0.481 e. The third-order valence-electron chi connectivity index (χ3n) is 3.18. The van der Waals surface area contributed by atoms with E-state index in [4.69, 9.17) is 9.47 Å². The molecule has 1 unspecified atom stereocenters. The van der Waals surface area contributed by atoms with Gasteiger partial charge in [-0.3, -0.25) is 0 Å². The number of rotatable bonds is 5. The van der Waals surface area contributed by atoms with Gasteiger partial charge in [0.15, 0.2) is 0 Å². The summed E-state index contributed by atoms with van der Waals surface area (Å²) < 4.78 is 10.8. The zero-order chi connectivity index (χ0) is 12.8. The first-order valence-electron chi connectivity index (χ1n) is 6.51. The normalized spacial score (nSPS) is 19.6. The first-order valence-corrected chi connectivity index (χ1v) is 6.51. The summed E-state index contributed by atoms with van der Waals surface area (Å²) >= 11 is 0. The van der Waals surface area contributed by atoms with Crippen molar-refractivity contribution in [2.45, 2.75) is 26.2 Å². The average molecular weight is 251 g/mol. The first-order chi connectivity index (χ1) is 8.78. The van der Waals surface area contributed by atoms with E-state index in [-0.39, 0.29) is 0 Å². The molecule has 0 spiro atoms. The standard InChI is InChI=1S/C13H21N3O2/c1-10-15-12(17-2)8-13(16-10)18-7-5-11-4-3-6-14-9-11/h8,11,14H,3-7,9H2,1-2H3. The van der Waals surface area contributed by atoms with Crippen molar-refractivity contribution in [3.8, 4) is 11.8 Å². The van der Waals surface area contributed by atoms with Crippen LogP contribution in [0.5, 0.6) is 11.8 Å². The number of piperidine rings is 1. The minimum Gasteiger partial charge on any atom is -0.481 e. The highest BCUT2D eigenvalue weighted by atomic mass is 16.5. The number of ether oxygens (including phenoxy) is 2. The molecule has 0 bridgehead atoms. The lowest BCUT2D eigenvalue weighted by Gasteiger charge is -2.22. The number of nitrogens with zero attached hydrogens (tertiary/aromatic N) is 2. The van der Waals surface area contributed by atoms with Crippen molar-refractivity contribution in [3.63, 3.8) is 0 Å². The summed E-state index contributed by atoms with van der Waals surface area (Å²) in [6.45, 7) is 4.79. The fraction of sp³-hybridized carbons (Fsp3) is 0.692. The molecule has 0 aliphatic carbocycles. The molecular weight excluding hydrogens is 230 g/mol. The maximum Gasteiger partial charge on any atom is 0.220 e. The second kappa shape index (κ2) is 6.54. The van der Waals surface area contributed by atoms with E-state index in [0.717, 1.165) is 25.4 Å². The van der Waals surface area contributed by atoms with Gasteiger partial charge in [0.1, 0.15) is 5.82 Å². The molecule has 5 nitrogen and oxygen atoms in total. The van der Waals surface area contributed by atoms with E-state index in [0.29, 0.717) is 24.2 Å². The Labute approximate surface area is 108 Å². The number of hydrogen-bond acceptors (Lipinski definition) is 5. The van der Waals surface area contributed by atoms with Gasteiger partial charge in [0, 0.05) is 0 Å². The molecule has 2 rings (SSSR count). The van der Waals surface area contributed by atoms with E-state index in [1.807, 2.05) is 6.92 Å². The number of nitrogens with one attached hydrogen (secondary N) is 1. The molecule has 0 radical (unpaired) electrons. The van der Waals surface area contributed by atoms with E-state index >= 15 is 0 Å². The van der Waals surface area contributed by atoms with Crippen molar-refractivity contribution in [1.29, 1.82) is 0 Å². The Morgan fingerprint density at radius 3 is 2.94 bits per heavy atom. The van der Waals surface area contributed by atoms with Crippen LogP contribution in [0.2, 0.25) is 0 Å². The second-order valence-electron chi connectivity index (χ2n) is 4.65. The summed E-state index contributed by atoms with van der Waals surface area (Å²) in [5.74, 6) is 2.55. The molecule has 1 atom stereocenters. The number of aryl methyl sites for hydroxylation is 1. The van der Waals surface area contributed by atoms with Crippen LogP contribution in [0.4, 0.5) is 0 Å². The van der Waals surface area contributed by atoms with Crippen molar-refractivity contribution in [2.24, 2.45) is 5.92 Å². The Kier molecular flexibility index (Phi) is 4.75. The molecule has 1 aliphatic heterocycles. The van der Waals surface area contributed by atoms with Crippen LogP contribution in [0.1, 0.15) is 25.1 Å². The molecule has 0 saturated carbocycles. The molecule has 18 heavy (non-hydrogen) atoms. The summed E-state index contributed by atoms with van der Waals surface area (Å²) in [4.78, 5) is 8.36. The van der Waals surface area contributed by atoms with Gasteiger partial charge >= 0.3 is 0 Å². The average Bonchev–Trinajstić information content (AvgIpc) is 2.39. The highest BCUT2D eigenvalue weighted by molar-refractivity contribution is 5.20. The van der Waals surface area contributed by atoms with Gasteiger partial charge in [-0.15, -0.1) is 0 Å². The van der Waals surface area contributed by atoms with Crippen LogP contribution in [-0.4, -0.2) is 36.8 Å². The highest BCUT2D eigenvalue weighted by Gasteiger charge is 2.13. The molecule has 1 N–H and O–H groups in total. The minimum absolute atomic E-state index is 0.553. The van der Waals surface area contributed by atoms with E-state index in [1.54, 1.807) is 13.2 Å². The molecule has 1 fully saturated rings. The van der Waals surface area contributed by atoms with Crippen LogP contribution in [-0.2, 0) is 0 Å². The Morgan fingerprint density at radius 2 is 2.22 bits per heavy atom. The van der Waals surface area contributed by atoms with Gasteiger partial charge in [-0.25, -0.2) is 0 Å². The molecule has 100 valence electrons. The zero-order valence-corrected chi connectivity index (χ0v) is 11.1. The zero-order valence-electron chi connectivity index (χ0n) is 11.1. The van der Waals surface area contributed by atoms with Gasteiger partial charge in [-0.2, -0.15) is 9.97 Å². The van der Waals surface area contributed by atoms with Crippen LogP contribution in [0.15, 0.2) is 6.07 Å². The molecule has 2 heterocycles. The van der Waals surface area contributed by atoms with Crippen molar-refractivity contribution >= 4 is 0 Å². The predicted octanol–water partition coefficient (Wildman–Crippen LogP) is 1.56. The third-order valence-corrected chi connectivity index (χ3v) is 3.18. The van der Waals surface area contributed by atoms with Crippen LogP contribution in [0.25, 0.3) is 0 Å². The third kappa shape index (κ3) is 3.84. The minimum atomic E-state index is 0.553. The van der Waals surface area contributed by atoms with Gasteiger partial charge in [0.05, 0.1) is 19.8 Å². The first kappa shape index (κ1) is 13.1. The topological polar surface area (TPSA) is 56.3 Å². The summed E-state index contributed by atoms with van der Waals surface area (Å²) in [7, 11) is 1.60. The lowest BCUT2D eigenvalue weighted by atomic mass is 9.97. The Morgan fingerprint density at radius 1 is 1.39 bits per heavy atom. The van der Waals surface area contributed by atoms with E-state index in [1.165, 1.54) is 12.8 Å². The van der Waals surface area contributed by atoms with Gasteiger partial charge in [-0.05, 0) is 45.2 Å². The summed E-state index contributed by atoms with van der Waals surface area (Å²) in [5.41, 5.74) is 0. The van der Waals surface area contributed by atoms with Crippen molar-refractivity contribution in [1.82, 2.24) is 15.3 Å². The fourth-order valence-electron chi connectivity index (χ4n) is 2.19. The molecule has 1 aliphatic rings. The van der Waals surface area contributed by atoms with E-state index in [2.05, 4.69) is 15.3 Å². The van der Waals surface area contributed by atoms with Crippen molar-refractivity contribution in [2.75, 3.05) is 26.8 Å². The van der Waals surface area contributed by atoms with E-state index in [9.17, 15) is 0 Å². The number of methoxy groups -OCH3 is 1. The maximum absolute atomic E-state index is 5.67. The molecule has 0 aromatic carbocycles. The fourth-order valence-corrected chi connectivity index (χ4v) is 2.19. The van der Waals surface area contributed by atoms with Gasteiger partial charge in [0.2, 0.25) is 11.8 Å². The van der Waals surface area contributed by atoms with Gasteiger partial charge in [0.25, 0.3) is 0 Å². The second-order valence-corrected chi connectivity index (χ2v) is 4.65. The summed E-state index contributed by atoms with van der Waals surface area (Å²) in [5, 5.41) is 3.41. The van der Waals surface area contributed by atoms with Crippen LogP contribution < -0.4 is 14.8 Å². The van der Waals surface area contributed by atoms with Crippen LogP contribution in [0.3, 0.4) is 0 Å². The van der Waals surface area contributed by atoms with Gasteiger partial charge < -0.3 is 14.8 Å². The number of aromatic nitrogens is 2. The lowest BCUT2D eigenvalue weighted by molar-refractivity contribution is 0.245. The molecule has 1 aromatic rings. The SMILES string of the molecule is COc1cc(OCCC2CCCNC2)nc(C)n1. The molecular formula is C13H21N3O2. The molecule has 1 aromatic heterocycles. The maximum atomic E-state index is 5.67.